The van der Waals surface area contributed by atoms with E-state index < -0.39 is 48.7 Å². The highest BCUT2D eigenvalue weighted by atomic mass is 35.5. The van der Waals surface area contributed by atoms with Gasteiger partial charge in [0.15, 0.2) is 10.7 Å². The van der Waals surface area contributed by atoms with Gasteiger partial charge in [0.2, 0.25) is 11.8 Å². The van der Waals surface area contributed by atoms with E-state index in [0.717, 1.165) is 42.4 Å². The number of unbranched alkanes of at least 4 members (excludes halogenated alkanes) is 9. The van der Waals surface area contributed by atoms with Crippen LogP contribution in [0.1, 0.15) is 88.6 Å². The van der Waals surface area contributed by atoms with Crippen LogP contribution in [0.5, 0.6) is 0 Å². The van der Waals surface area contributed by atoms with Gasteiger partial charge in [-0.25, -0.2) is 22.7 Å². The molecule has 2 amide bonds. The van der Waals surface area contributed by atoms with Gasteiger partial charge in [-0.1, -0.05) is 118 Å². The van der Waals surface area contributed by atoms with Gasteiger partial charge in [-0.2, -0.15) is 0 Å². The Morgan fingerprint density at radius 3 is 2.19 bits per heavy atom. The minimum absolute atomic E-state index is 0.0288. The number of aromatic nitrogens is 2. The summed E-state index contributed by atoms with van der Waals surface area (Å²) in [5.41, 5.74) is -0.404. The first kappa shape index (κ1) is 41.0. The standard InChI is InChI=1S/C39H42Cl2N4O7S2/c1-2-3-4-5-6-7-8-9-10-14-22-34(46)44-54(50,51)33-26-29(40)32(25-30(33)41)43-38(47)36(53(49)27-18-12-11-13-19-27)37-42-31-21-16-15-20-28(31)39(48)45(37)35-23-17-24-52-35/h11-13,15-21,23-26,36H,2-10,14,22H2,1H3,(H,43,47)(H,44,46). The van der Waals surface area contributed by atoms with E-state index in [9.17, 15) is 27.4 Å². The van der Waals surface area contributed by atoms with Crippen LogP contribution in [0.15, 0.2) is 104 Å². The summed E-state index contributed by atoms with van der Waals surface area (Å²) in [5, 5.41) is 0.677. The Balaban J connectivity index is 1.35. The molecule has 0 aliphatic carbocycles. The van der Waals surface area contributed by atoms with Crippen LogP contribution < -0.4 is 15.6 Å². The second-order valence-electron chi connectivity index (χ2n) is 12.8. The van der Waals surface area contributed by atoms with Crippen LogP contribution in [0.3, 0.4) is 0 Å². The van der Waals surface area contributed by atoms with Crippen molar-refractivity contribution in [3.05, 3.63) is 111 Å². The largest absolute Gasteiger partial charge is 0.610 e. The molecule has 3 aromatic carbocycles. The topological polar surface area (TPSA) is 163 Å². The third kappa shape index (κ3) is 10.3. The summed E-state index contributed by atoms with van der Waals surface area (Å²) in [6.07, 6.45) is 12.1. The van der Waals surface area contributed by atoms with Gasteiger partial charge in [-0.3, -0.25) is 14.4 Å². The summed E-state index contributed by atoms with van der Waals surface area (Å²) in [7, 11) is -4.42. The van der Waals surface area contributed by atoms with Gasteiger partial charge in [0.1, 0.15) is 4.90 Å². The zero-order valence-electron chi connectivity index (χ0n) is 29.8. The Morgan fingerprint density at radius 2 is 1.52 bits per heavy atom. The molecule has 0 radical (unpaired) electrons. The van der Waals surface area contributed by atoms with Crippen LogP contribution in [-0.4, -0.2) is 34.3 Å². The molecule has 11 nitrogen and oxygen atoms in total. The quantitative estimate of drug-likeness (QED) is 0.0617. The first-order valence-corrected chi connectivity index (χ1v) is 21.3. The van der Waals surface area contributed by atoms with Crippen LogP contribution in [0.4, 0.5) is 5.69 Å². The Hall–Kier alpha value is -4.14. The van der Waals surface area contributed by atoms with Gasteiger partial charge in [0.05, 0.1) is 32.9 Å². The monoisotopic (exact) mass is 812 g/mol. The van der Waals surface area contributed by atoms with Crippen molar-refractivity contribution in [3.8, 4) is 5.88 Å². The lowest BCUT2D eigenvalue weighted by Gasteiger charge is -2.23. The van der Waals surface area contributed by atoms with E-state index >= 15 is 0 Å². The predicted octanol–water partition coefficient (Wildman–Crippen LogP) is 8.89. The fourth-order valence-corrected chi connectivity index (χ4v) is 9.14. The highest BCUT2D eigenvalue weighted by Crippen LogP contribution is 2.35. The molecule has 0 bridgehead atoms. The summed E-state index contributed by atoms with van der Waals surface area (Å²) in [4.78, 5) is 45.2. The van der Waals surface area contributed by atoms with E-state index in [1.807, 2.05) is 0 Å². The maximum absolute atomic E-state index is 14.3. The van der Waals surface area contributed by atoms with Gasteiger partial charge in [-0.05, 0) is 48.9 Å². The van der Waals surface area contributed by atoms with E-state index in [-0.39, 0.29) is 49.7 Å². The number of benzene rings is 3. The summed E-state index contributed by atoms with van der Waals surface area (Å²) in [6.45, 7) is 2.19. The summed E-state index contributed by atoms with van der Waals surface area (Å²) >= 11 is 10.8. The first-order valence-electron chi connectivity index (χ1n) is 17.9. The Bertz CT molecular complexity index is 2220. The molecule has 54 heavy (non-hydrogen) atoms. The minimum Gasteiger partial charge on any atom is -0.610 e. The first-order chi connectivity index (χ1) is 26.0. The van der Waals surface area contributed by atoms with E-state index in [0.29, 0.717) is 6.42 Å². The smallest absolute Gasteiger partial charge is 0.286 e. The number of amides is 2. The maximum Gasteiger partial charge on any atom is 0.286 e. The molecule has 0 aliphatic heterocycles. The van der Waals surface area contributed by atoms with Crippen LogP contribution in [-0.2, 0) is 30.8 Å². The number of carbonyl (C=O) groups is 2. The Morgan fingerprint density at radius 1 is 0.870 bits per heavy atom. The Labute approximate surface area is 327 Å². The number of nitrogens with one attached hydrogen (secondary N) is 2. The second kappa shape index (κ2) is 19.4. The van der Waals surface area contributed by atoms with Gasteiger partial charge < -0.3 is 14.3 Å². The molecule has 2 atom stereocenters. The average molecular weight is 814 g/mol. The number of halogens is 2. The van der Waals surface area contributed by atoms with Crippen LogP contribution in [0.25, 0.3) is 16.8 Å². The highest BCUT2D eigenvalue weighted by Gasteiger charge is 2.40. The molecule has 0 spiro atoms. The van der Waals surface area contributed by atoms with Crippen LogP contribution >= 0.6 is 23.2 Å². The number of carbonyl (C=O) groups excluding carboxylic acids is 2. The fourth-order valence-electron chi connectivity index (χ4n) is 5.99. The molecule has 0 fully saturated rings. The summed E-state index contributed by atoms with van der Waals surface area (Å²) in [5.74, 6) is -1.70. The number of rotatable bonds is 19. The molecular weight excluding hydrogens is 771 g/mol. The molecular formula is C39H42Cl2N4O7S2. The van der Waals surface area contributed by atoms with Gasteiger partial charge in [-0.15, -0.1) is 0 Å². The van der Waals surface area contributed by atoms with E-state index in [2.05, 4.69) is 21.9 Å². The number of nitrogens with zero attached hydrogens (tertiary/aromatic N) is 2. The van der Waals surface area contributed by atoms with E-state index in [1.165, 1.54) is 44.4 Å². The summed E-state index contributed by atoms with van der Waals surface area (Å²) < 4.78 is 49.4. The molecule has 286 valence electrons. The molecule has 0 aliphatic rings. The third-order valence-electron chi connectivity index (χ3n) is 8.76. The average Bonchev–Trinajstić information content (AvgIpc) is 3.68. The van der Waals surface area contributed by atoms with Crippen molar-refractivity contribution in [1.82, 2.24) is 14.3 Å². The normalized spacial score (nSPS) is 12.7. The van der Waals surface area contributed by atoms with Crippen molar-refractivity contribution in [1.29, 1.82) is 0 Å². The SMILES string of the molecule is CCCCCCCCCCCCC(=O)NS(=O)(=O)c1cc(Cl)c(NC(=O)C(c2nc3ccccc3c(=O)n2-c2ccco2)[S+]([O-])c2ccccc2)cc1Cl. The molecule has 2 aromatic heterocycles. The zero-order chi connectivity index (χ0) is 38.7. The van der Waals surface area contributed by atoms with Gasteiger partial charge >= 0.3 is 0 Å². The third-order valence-corrected chi connectivity index (χ3v) is 12.5. The van der Waals surface area contributed by atoms with Gasteiger partial charge in [0, 0.05) is 23.7 Å². The number of anilines is 1. The number of para-hydroxylation sites is 1. The van der Waals surface area contributed by atoms with E-state index in [4.69, 9.17) is 27.6 Å². The lowest BCUT2D eigenvalue weighted by Crippen LogP contribution is -2.35. The van der Waals surface area contributed by atoms with Crippen LogP contribution in [0.2, 0.25) is 10.0 Å². The molecule has 5 rings (SSSR count). The molecule has 5 aromatic rings. The lowest BCUT2D eigenvalue weighted by molar-refractivity contribution is -0.119. The molecule has 0 saturated carbocycles. The number of sulfonamides is 1. The number of hydrogen-bond acceptors (Lipinski definition) is 8. The van der Waals surface area contributed by atoms with Crippen molar-refractivity contribution in [2.45, 2.75) is 92.6 Å². The van der Waals surface area contributed by atoms with E-state index in [1.54, 1.807) is 60.7 Å². The van der Waals surface area contributed by atoms with Gasteiger partial charge in [0.25, 0.3) is 26.7 Å². The number of fused-ring (bicyclic) bond motifs is 1. The lowest BCUT2D eigenvalue weighted by atomic mass is 10.1. The minimum atomic E-state index is -4.42. The van der Waals surface area contributed by atoms with Crippen LogP contribution in [0, 0.1) is 0 Å². The van der Waals surface area contributed by atoms with Crippen molar-refractivity contribution in [2.24, 2.45) is 0 Å². The maximum atomic E-state index is 14.3. The molecule has 15 heteroatoms. The zero-order valence-corrected chi connectivity index (χ0v) is 32.9. The number of furan rings is 1. The summed E-state index contributed by atoms with van der Waals surface area (Å²) in [6, 6.07) is 19.9. The van der Waals surface area contributed by atoms with Crippen molar-refractivity contribution < 1.29 is 27.0 Å². The van der Waals surface area contributed by atoms with Crippen molar-refractivity contribution in [3.63, 3.8) is 0 Å². The number of hydrogen-bond donors (Lipinski definition) is 2. The Kier molecular flexibility index (Phi) is 14.8. The molecule has 2 N–H and O–H groups in total. The molecule has 2 heterocycles. The van der Waals surface area contributed by atoms with Crippen molar-refractivity contribution in [2.75, 3.05) is 5.32 Å². The van der Waals surface area contributed by atoms with Crippen molar-refractivity contribution >= 4 is 72.8 Å². The molecule has 2 unspecified atom stereocenters. The second-order valence-corrected chi connectivity index (χ2v) is 16.8. The predicted molar refractivity (Wildman–Crippen MR) is 212 cm³/mol. The highest BCUT2D eigenvalue weighted by molar-refractivity contribution is 7.92. The fraction of sp³-hybridized carbons (Fsp3) is 0.333. The molecule has 0 saturated heterocycles.